The van der Waals surface area contributed by atoms with Gasteiger partial charge in [-0.15, -0.1) is 0 Å². The van der Waals surface area contributed by atoms with Gasteiger partial charge in [-0.2, -0.15) is 0 Å². The highest BCUT2D eigenvalue weighted by molar-refractivity contribution is 5.12. The van der Waals surface area contributed by atoms with Gasteiger partial charge < -0.3 is 9.88 Å². The number of nitrogens with zero attached hydrogens (tertiary/aromatic N) is 3. The Labute approximate surface area is 112 Å². The average molecular weight is 262 g/mol. The van der Waals surface area contributed by atoms with Crippen molar-refractivity contribution in [3.63, 3.8) is 0 Å². The van der Waals surface area contributed by atoms with Gasteiger partial charge in [-0.05, 0) is 25.6 Å². The summed E-state index contributed by atoms with van der Waals surface area (Å²) >= 11 is 0. The van der Waals surface area contributed by atoms with E-state index < -0.39 is 0 Å². The Kier molecular flexibility index (Phi) is 4.63. The number of hydrogen-bond acceptors (Lipinski definition) is 3. The summed E-state index contributed by atoms with van der Waals surface area (Å²) in [7, 11) is 1.88. The number of pyridine rings is 1. The second-order valence-corrected chi connectivity index (χ2v) is 4.48. The molecule has 0 fully saturated rings. The molecule has 2 aromatic heterocycles. The van der Waals surface area contributed by atoms with Crippen molar-refractivity contribution in [3.8, 4) is 0 Å². The Balaban J connectivity index is 2.14. The molecule has 0 aliphatic carbocycles. The molecule has 0 aromatic carbocycles. The van der Waals surface area contributed by atoms with Crippen molar-refractivity contribution in [1.82, 2.24) is 19.9 Å². The van der Waals surface area contributed by atoms with Crippen molar-refractivity contribution in [2.75, 3.05) is 7.05 Å². The molecule has 1 N–H and O–H groups in total. The molecule has 1 unspecified atom stereocenters. The van der Waals surface area contributed by atoms with E-state index in [9.17, 15) is 4.39 Å². The van der Waals surface area contributed by atoms with Gasteiger partial charge in [0.1, 0.15) is 11.6 Å². The molecule has 2 aromatic rings. The summed E-state index contributed by atoms with van der Waals surface area (Å²) < 4.78 is 15.0. The summed E-state index contributed by atoms with van der Waals surface area (Å²) in [4.78, 5) is 8.52. The summed E-state index contributed by atoms with van der Waals surface area (Å²) in [6, 6.07) is 3.19. The summed E-state index contributed by atoms with van der Waals surface area (Å²) in [5.41, 5.74) is 0.829. The standard InChI is InChI=1S/C14H19FN4/c1-3-7-19-8-6-17-14(19)9-13(16-2)12-5-4-11(15)10-18-12/h4-6,8,10,13,16H,3,7,9H2,1-2H3. The third-order valence-corrected chi connectivity index (χ3v) is 3.11. The minimum atomic E-state index is -0.314. The Hall–Kier alpha value is -1.75. The van der Waals surface area contributed by atoms with E-state index in [4.69, 9.17) is 0 Å². The number of nitrogens with one attached hydrogen (secondary N) is 1. The number of hydrogen-bond donors (Lipinski definition) is 1. The fourth-order valence-corrected chi connectivity index (χ4v) is 2.10. The first-order chi connectivity index (χ1) is 9.24. The van der Waals surface area contributed by atoms with Crippen LogP contribution in [0.4, 0.5) is 4.39 Å². The van der Waals surface area contributed by atoms with Gasteiger partial charge in [0.25, 0.3) is 0 Å². The molecule has 0 aliphatic heterocycles. The summed E-state index contributed by atoms with van der Waals surface area (Å²) in [6.45, 7) is 3.10. The van der Waals surface area contributed by atoms with E-state index in [1.807, 2.05) is 19.4 Å². The van der Waals surface area contributed by atoms with Crippen LogP contribution in [0.25, 0.3) is 0 Å². The molecule has 0 saturated heterocycles. The van der Waals surface area contributed by atoms with Crippen molar-refractivity contribution in [3.05, 3.63) is 48.1 Å². The van der Waals surface area contributed by atoms with Crippen molar-refractivity contribution < 1.29 is 4.39 Å². The lowest BCUT2D eigenvalue weighted by Crippen LogP contribution is -2.22. The van der Waals surface area contributed by atoms with Gasteiger partial charge >= 0.3 is 0 Å². The molecular formula is C14H19FN4. The van der Waals surface area contributed by atoms with Crippen molar-refractivity contribution >= 4 is 0 Å². The minimum absolute atomic E-state index is 0.0404. The largest absolute Gasteiger partial charge is 0.335 e. The predicted molar refractivity (Wildman–Crippen MR) is 72.2 cm³/mol. The molecule has 4 nitrogen and oxygen atoms in total. The van der Waals surface area contributed by atoms with Crippen LogP contribution >= 0.6 is 0 Å². The fraction of sp³-hybridized carbons (Fsp3) is 0.429. The molecule has 19 heavy (non-hydrogen) atoms. The van der Waals surface area contributed by atoms with Crippen LogP contribution in [0, 0.1) is 5.82 Å². The second-order valence-electron chi connectivity index (χ2n) is 4.48. The molecule has 2 rings (SSSR count). The normalized spacial score (nSPS) is 12.6. The molecule has 5 heteroatoms. The van der Waals surface area contributed by atoms with Crippen LogP contribution in [0.5, 0.6) is 0 Å². The Bertz CT molecular complexity index is 506. The molecule has 0 radical (unpaired) electrons. The van der Waals surface area contributed by atoms with Gasteiger partial charge in [0.2, 0.25) is 0 Å². The van der Waals surface area contributed by atoms with E-state index in [-0.39, 0.29) is 11.9 Å². The zero-order valence-electron chi connectivity index (χ0n) is 11.3. The zero-order chi connectivity index (χ0) is 13.7. The first kappa shape index (κ1) is 13.7. The maximum atomic E-state index is 12.9. The first-order valence-corrected chi connectivity index (χ1v) is 6.53. The van der Waals surface area contributed by atoms with Gasteiger partial charge in [-0.1, -0.05) is 6.92 Å². The highest BCUT2D eigenvalue weighted by Gasteiger charge is 2.14. The molecular weight excluding hydrogens is 243 g/mol. The third kappa shape index (κ3) is 3.38. The number of imidazole rings is 1. The molecule has 0 bridgehead atoms. The first-order valence-electron chi connectivity index (χ1n) is 6.53. The summed E-state index contributed by atoms with van der Waals surface area (Å²) in [5, 5.41) is 3.21. The average Bonchev–Trinajstić information content (AvgIpc) is 2.85. The number of aryl methyl sites for hydroxylation is 1. The maximum Gasteiger partial charge on any atom is 0.141 e. The smallest absolute Gasteiger partial charge is 0.141 e. The molecule has 2 heterocycles. The van der Waals surface area contributed by atoms with Crippen molar-refractivity contribution in [2.45, 2.75) is 32.4 Å². The van der Waals surface area contributed by atoms with E-state index in [0.29, 0.717) is 0 Å². The van der Waals surface area contributed by atoms with E-state index in [1.54, 1.807) is 6.07 Å². The minimum Gasteiger partial charge on any atom is -0.335 e. The molecule has 102 valence electrons. The fourth-order valence-electron chi connectivity index (χ4n) is 2.10. The monoisotopic (exact) mass is 262 g/mol. The van der Waals surface area contributed by atoms with Crippen LogP contribution < -0.4 is 5.32 Å². The molecule has 0 saturated carbocycles. The lowest BCUT2D eigenvalue weighted by molar-refractivity contribution is 0.529. The van der Waals surface area contributed by atoms with Crippen LogP contribution in [-0.4, -0.2) is 21.6 Å². The predicted octanol–water partition coefficient (Wildman–Crippen LogP) is 2.33. The van der Waals surface area contributed by atoms with Crippen LogP contribution in [-0.2, 0) is 13.0 Å². The van der Waals surface area contributed by atoms with E-state index in [0.717, 1.165) is 30.9 Å². The molecule has 0 aliphatic rings. The number of aromatic nitrogens is 3. The maximum absolute atomic E-state index is 12.9. The highest BCUT2D eigenvalue weighted by Crippen LogP contribution is 2.15. The molecule has 1 atom stereocenters. The Morgan fingerprint density at radius 2 is 2.21 bits per heavy atom. The second kappa shape index (κ2) is 6.43. The third-order valence-electron chi connectivity index (χ3n) is 3.11. The molecule has 0 amide bonds. The topological polar surface area (TPSA) is 42.7 Å². The summed E-state index contributed by atoms with van der Waals surface area (Å²) in [6.07, 6.45) is 6.86. The number of halogens is 1. The SMILES string of the molecule is CCCn1ccnc1CC(NC)c1ccc(F)cn1. The Morgan fingerprint density at radius 3 is 2.84 bits per heavy atom. The zero-order valence-corrected chi connectivity index (χ0v) is 11.3. The quantitative estimate of drug-likeness (QED) is 0.869. The van der Waals surface area contributed by atoms with E-state index >= 15 is 0 Å². The lowest BCUT2D eigenvalue weighted by Gasteiger charge is -2.16. The van der Waals surface area contributed by atoms with E-state index in [1.165, 1.54) is 12.3 Å². The van der Waals surface area contributed by atoms with E-state index in [2.05, 4.69) is 26.8 Å². The number of rotatable bonds is 6. The Morgan fingerprint density at radius 1 is 1.37 bits per heavy atom. The highest BCUT2D eigenvalue weighted by atomic mass is 19.1. The van der Waals surface area contributed by atoms with Crippen molar-refractivity contribution in [1.29, 1.82) is 0 Å². The van der Waals surface area contributed by atoms with Crippen LogP contribution in [0.1, 0.15) is 30.9 Å². The van der Waals surface area contributed by atoms with Gasteiger partial charge in [0.05, 0.1) is 17.9 Å². The van der Waals surface area contributed by atoms with Gasteiger partial charge in [-0.3, -0.25) is 4.98 Å². The van der Waals surface area contributed by atoms with Gasteiger partial charge in [0, 0.05) is 25.4 Å². The van der Waals surface area contributed by atoms with Crippen LogP contribution in [0.15, 0.2) is 30.7 Å². The molecule has 0 spiro atoms. The summed E-state index contributed by atoms with van der Waals surface area (Å²) in [5.74, 6) is 0.707. The van der Waals surface area contributed by atoms with Crippen molar-refractivity contribution in [2.24, 2.45) is 0 Å². The van der Waals surface area contributed by atoms with Crippen LogP contribution in [0.2, 0.25) is 0 Å². The van der Waals surface area contributed by atoms with Gasteiger partial charge in [-0.25, -0.2) is 9.37 Å². The van der Waals surface area contributed by atoms with Crippen LogP contribution in [0.3, 0.4) is 0 Å². The van der Waals surface area contributed by atoms with Gasteiger partial charge in [0.15, 0.2) is 0 Å². The lowest BCUT2D eigenvalue weighted by atomic mass is 10.1. The number of likely N-dealkylation sites (N-methyl/N-ethyl adjacent to an activating group) is 1.